The predicted octanol–water partition coefficient (Wildman–Crippen LogP) is 5.26. The predicted molar refractivity (Wildman–Crippen MR) is 193 cm³/mol. The summed E-state index contributed by atoms with van der Waals surface area (Å²) in [6, 6.07) is 7.08. The molecule has 0 saturated carbocycles. The topological polar surface area (TPSA) is 131 Å². The number of aryl methyl sites for hydroxylation is 2. The number of fused-ring (bicyclic) bond motifs is 2. The molecule has 254 valence electrons. The number of piperidine rings is 1. The number of carbonyl (C=O) groups excluding carboxylic acids is 1. The lowest BCUT2D eigenvalue weighted by atomic mass is 9.93. The van der Waals surface area contributed by atoms with Gasteiger partial charge in [-0.15, -0.1) is 11.3 Å². The number of nitrogen functional groups attached to an aromatic ring is 1. The van der Waals surface area contributed by atoms with Crippen molar-refractivity contribution in [2.75, 3.05) is 54.9 Å². The zero-order valence-electron chi connectivity index (χ0n) is 28.3. The van der Waals surface area contributed by atoms with Crippen LogP contribution in [0.1, 0.15) is 55.2 Å². The number of thiophene rings is 1. The summed E-state index contributed by atoms with van der Waals surface area (Å²) in [7, 11) is 0. The first-order chi connectivity index (χ1) is 23.8. The van der Waals surface area contributed by atoms with Gasteiger partial charge in [-0.2, -0.15) is 5.10 Å². The van der Waals surface area contributed by atoms with Crippen LogP contribution in [0.3, 0.4) is 0 Å². The molecule has 4 aromatic heterocycles. The van der Waals surface area contributed by atoms with Gasteiger partial charge in [0.1, 0.15) is 0 Å². The van der Waals surface area contributed by atoms with Crippen LogP contribution in [0.25, 0.3) is 32.7 Å². The lowest BCUT2D eigenvalue weighted by Crippen LogP contribution is -2.40. The number of morpholine rings is 1. The van der Waals surface area contributed by atoms with Crippen LogP contribution < -0.4 is 15.5 Å². The molecule has 0 bridgehead atoms. The van der Waals surface area contributed by atoms with E-state index in [2.05, 4.69) is 62.7 Å². The van der Waals surface area contributed by atoms with Gasteiger partial charge in [-0.05, 0) is 68.4 Å². The van der Waals surface area contributed by atoms with Crippen molar-refractivity contribution in [2.45, 2.75) is 65.1 Å². The van der Waals surface area contributed by atoms with Crippen LogP contribution in [-0.2, 0) is 22.5 Å². The Labute approximate surface area is 289 Å². The molecule has 13 heteroatoms. The van der Waals surface area contributed by atoms with Crippen molar-refractivity contribution in [3.05, 3.63) is 59.0 Å². The molecular formula is C36H42N10O2S. The van der Waals surface area contributed by atoms with E-state index in [9.17, 15) is 4.79 Å². The van der Waals surface area contributed by atoms with Crippen LogP contribution >= 0.6 is 11.3 Å². The van der Waals surface area contributed by atoms with Gasteiger partial charge in [0.2, 0.25) is 11.9 Å². The average molecular weight is 679 g/mol. The van der Waals surface area contributed by atoms with Crippen molar-refractivity contribution in [1.82, 2.24) is 34.6 Å². The van der Waals surface area contributed by atoms with Gasteiger partial charge in [-0.3, -0.25) is 14.4 Å². The normalized spacial score (nSPS) is 19.0. The number of nitrogens with zero attached hydrogens (tertiary/aromatic N) is 9. The van der Waals surface area contributed by atoms with Crippen molar-refractivity contribution < 1.29 is 9.53 Å². The number of hydrogen-bond acceptors (Lipinski definition) is 11. The Kier molecular flexibility index (Phi) is 8.50. The van der Waals surface area contributed by atoms with Gasteiger partial charge in [0.15, 0.2) is 11.6 Å². The fraction of sp³-hybridized carbons (Fsp3) is 0.444. The number of likely N-dealkylation sites (tertiary alicyclic amines) is 1. The highest BCUT2D eigenvalue weighted by atomic mass is 32.1. The SMILES string of the molecule is CC(=O)N1c2ccc(-c3cnn(C4CCN(Cc5sc6c(N7CCOCC7)nc(-c7cnc(N)nc7)nc6c5C)CC4)c3)cc2CC[C@@H]1C. The molecule has 2 saturated heterocycles. The maximum absolute atomic E-state index is 12.3. The number of rotatable bonds is 6. The van der Waals surface area contributed by atoms with E-state index < -0.39 is 0 Å². The zero-order valence-corrected chi connectivity index (χ0v) is 29.1. The number of benzene rings is 1. The van der Waals surface area contributed by atoms with Gasteiger partial charge >= 0.3 is 0 Å². The fourth-order valence-electron chi connectivity index (χ4n) is 7.48. The summed E-state index contributed by atoms with van der Waals surface area (Å²) < 4.78 is 8.93. The minimum Gasteiger partial charge on any atom is -0.378 e. The third kappa shape index (κ3) is 6.15. The van der Waals surface area contributed by atoms with E-state index in [1.807, 2.05) is 22.4 Å². The third-order valence-electron chi connectivity index (χ3n) is 10.3. The second kappa shape index (κ2) is 13.1. The van der Waals surface area contributed by atoms with E-state index in [4.69, 9.17) is 25.5 Å². The maximum Gasteiger partial charge on any atom is 0.224 e. The molecule has 49 heavy (non-hydrogen) atoms. The van der Waals surface area contributed by atoms with Crippen LogP contribution in [0.4, 0.5) is 17.5 Å². The molecule has 7 heterocycles. The first kappa shape index (κ1) is 31.8. The quantitative estimate of drug-likeness (QED) is 0.254. The molecule has 3 aliphatic rings. The lowest BCUT2D eigenvalue weighted by molar-refractivity contribution is -0.117. The van der Waals surface area contributed by atoms with Crippen LogP contribution in [-0.4, -0.2) is 86.0 Å². The number of nitrogens with two attached hydrogens (primary N) is 1. The highest BCUT2D eigenvalue weighted by Crippen LogP contribution is 2.39. The van der Waals surface area contributed by atoms with Gasteiger partial charge in [-0.25, -0.2) is 19.9 Å². The van der Waals surface area contributed by atoms with Crippen molar-refractivity contribution in [3.63, 3.8) is 0 Å². The van der Waals surface area contributed by atoms with Crippen molar-refractivity contribution in [1.29, 1.82) is 0 Å². The number of anilines is 3. The Morgan fingerprint density at radius 2 is 1.78 bits per heavy atom. The second-order valence-corrected chi connectivity index (χ2v) is 14.6. The van der Waals surface area contributed by atoms with Crippen LogP contribution in [0.15, 0.2) is 43.0 Å². The number of ether oxygens (including phenoxy) is 1. The minimum absolute atomic E-state index is 0.105. The molecule has 2 N–H and O–H groups in total. The Balaban J connectivity index is 0.978. The number of amides is 1. The molecule has 0 spiro atoms. The van der Waals surface area contributed by atoms with E-state index in [0.717, 1.165) is 96.8 Å². The summed E-state index contributed by atoms with van der Waals surface area (Å²) in [4.78, 5) is 38.9. The molecule has 0 aliphatic carbocycles. The minimum atomic E-state index is 0.105. The first-order valence-electron chi connectivity index (χ1n) is 17.2. The lowest BCUT2D eigenvalue weighted by Gasteiger charge is -2.34. The van der Waals surface area contributed by atoms with Crippen molar-refractivity contribution in [3.8, 4) is 22.5 Å². The molecular weight excluding hydrogens is 637 g/mol. The van der Waals surface area contributed by atoms with E-state index in [1.54, 1.807) is 19.3 Å². The molecule has 2 fully saturated rings. The molecule has 12 nitrogen and oxygen atoms in total. The highest BCUT2D eigenvalue weighted by molar-refractivity contribution is 7.19. The summed E-state index contributed by atoms with van der Waals surface area (Å²) in [6.07, 6.45) is 11.6. The fourth-order valence-corrected chi connectivity index (χ4v) is 8.79. The smallest absolute Gasteiger partial charge is 0.224 e. The molecule has 0 unspecified atom stereocenters. The van der Waals surface area contributed by atoms with Gasteiger partial charge in [-0.1, -0.05) is 6.07 Å². The summed E-state index contributed by atoms with van der Waals surface area (Å²) in [5, 5.41) is 4.82. The monoisotopic (exact) mass is 678 g/mol. The van der Waals surface area contributed by atoms with E-state index >= 15 is 0 Å². The van der Waals surface area contributed by atoms with Crippen LogP contribution in [0, 0.1) is 6.92 Å². The van der Waals surface area contributed by atoms with Crippen LogP contribution in [0.2, 0.25) is 0 Å². The van der Waals surface area contributed by atoms with E-state index in [0.29, 0.717) is 25.1 Å². The largest absolute Gasteiger partial charge is 0.378 e. The standard InChI is InChI=1S/C36H42N10O2S/c1-22-4-5-26-16-25(6-7-30(26)46(22)24(3)47)28-19-40-45(20-28)29-8-10-43(11-9-29)21-31-23(2)32-33(49-31)35(44-12-14-48-15-13-44)42-34(41-32)27-17-38-36(37)39-18-27/h6-7,16-20,22,29H,4-5,8-15,21H2,1-3H3,(H2,37,38,39)/t22-/m0/s1. The number of hydrogen-bond donors (Lipinski definition) is 1. The van der Waals surface area contributed by atoms with Crippen LogP contribution in [0.5, 0.6) is 0 Å². The van der Waals surface area contributed by atoms with Gasteiger partial charge in [0.25, 0.3) is 0 Å². The third-order valence-corrected chi connectivity index (χ3v) is 11.5. The molecule has 8 rings (SSSR count). The molecule has 1 atom stereocenters. The highest BCUT2D eigenvalue weighted by Gasteiger charge is 2.28. The Morgan fingerprint density at radius 3 is 2.53 bits per heavy atom. The summed E-state index contributed by atoms with van der Waals surface area (Å²) >= 11 is 1.81. The average Bonchev–Trinajstić information content (AvgIpc) is 3.74. The molecule has 1 amide bonds. The summed E-state index contributed by atoms with van der Waals surface area (Å²) in [5.74, 6) is 1.91. The Bertz CT molecular complexity index is 1990. The van der Waals surface area contributed by atoms with E-state index in [1.165, 1.54) is 16.0 Å². The van der Waals surface area contributed by atoms with Gasteiger partial charge in [0, 0.05) is 80.4 Å². The second-order valence-electron chi connectivity index (χ2n) is 13.5. The molecule has 3 aliphatic heterocycles. The Morgan fingerprint density at radius 1 is 1.00 bits per heavy atom. The maximum atomic E-state index is 12.3. The van der Waals surface area contributed by atoms with Gasteiger partial charge < -0.3 is 20.3 Å². The Hall–Kier alpha value is -4.46. The van der Waals surface area contributed by atoms with Gasteiger partial charge in [0.05, 0.1) is 41.2 Å². The van der Waals surface area contributed by atoms with Crippen molar-refractivity contribution >= 4 is 44.9 Å². The number of carbonyl (C=O) groups is 1. The molecule has 5 aromatic rings. The number of aromatic nitrogens is 6. The van der Waals surface area contributed by atoms with Crippen molar-refractivity contribution in [2.24, 2.45) is 0 Å². The van der Waals surface area contributed by atoms with E-state index in [-0.39, 0.29) is 17.9 Å². The summed E-state index contributed by atoms with van der Waals surface area (Å²) in [5.41, 5.74) is 13.3. The summed E-state index contributed by atoms with van der Waals surface area (Å²) in [6.45, 7) is 11.8. The first-order valence-corrected chi connectivity index (χ1v) is 18.0. The molecule has 1 aromatic carbocycles. The zero-order chi connectivity index (χ0) is 33.6. The molecule has 0 radical (unpaired) electrons.